The van der Waals surface area contributed by atoms with Crippen LogP contribution in [0.4, 0.5) is 26.3 Å². The van der Waals surface area contributed by atoms with Gasteiger partial charge in [0.1, 0.15) is 0 Å². The second-order valence-electron chi connectivity index (χ2n) is 8.60. The molecule has 4 nitrogen and oxygen atoms in total. The summed E-state index contributed by atoms with van der Waals surface area (Å²) in [4.78, 5) is 16.7. The van der Waals surface area contributed by atoms with Crippen LogP contribution in [0.15, 0.2) is 78.2 Å². The molecule has 3 aromatic carbocycles. The molecule has 0 saturated carbocycles. The van der Waals surface area contributed by atoms with Crippen LogP contribution in [-0.4, -0.2) is 28.4 Å². The Balaban J connectivity index is 1.57. The number of Topliss-reactive ketones (excluding diaryl/α,β-unsaturated/α-hetero) is 1. The van der Waals surface area contributed by atoms with Crippen molar-refractivity contribution in [2.45, 2.75) is 24.4 Å². The van der Waals surface area contributed by atoms with Crippen molar-refractivity contribution in [2.24, 2.45) is 5.16 Å². The van der Waals surface area contributed by atoms with Gasteiger partial charge in [0, 0.05) is 50.9 Å². The van der Waals surface area contributed by atoms with Gasteiger partial charge in [0.25, 0.3) is 11.4 Å². The highest BCUT2D eigenvalue weighted by molar-refractivity contribution is 6.34. The Labute approximate surface area is 221 Å². The second-order valence-corrected chi connectivity index (χ2v) is 9.47. The molecule has 38 heavy (non-hydrogen) atoms. The lowest BCUT2D eigenvalue weighted by atomic mass is 9.85. The van der Waals surface area contributed by atoms with Crippen molar-refractivity contribution in [1.82, 2.24) is 4.57 Å². The van der Waals surface area contributed by atoms with Crippen LogP contribution in [0.5, 0.6) is 0 Å². The quantitative estimate of drug-likeness (QED) is 0.183. The molecule has 2 heterocycles. The van der Waals surface area contributed by atoms with E-state index in [-0.39, 0.29) is 21.3 Å². The van der Waals surface area contributed by atoms with Gasteiger partial charge in [-0.1, -0.05) is 58.7 Å². The molecule has 0 bridgehead atoms. The minimum absolute atomic E-state index is 0.00150. The Morgan fingerprint density at radius 2 is 1.58 bits per heavy atom. The second kappa shape index (κ2) is 9.06. The van der Waals surface area contributed by atoms with Crippen LogP contribution < -0.4 is 0 Å². The number of rotatable bonds is 4. The van der Waals surface area contributed by atoms with Crippen LogP contribution >= 0.6 is 23.2 Å². The first kappa shape index (κ1) is 26.1. The van der Waals surface area contributed by atoms with Gasteiger partial charge in [-0.15, -0.1) is 0 Å². The molecular formula is C26H14Cl2F6N2O2. The lowest BCUT2D eigenvalue weighted by Crippen LogP contribution is -2.42. The molecule has 1 aliphatic rings. The molecule has 0 saturated heterocycles. The van der Waals surface area contributed by atoms with Crippen molar-refractivity contribution in [3.8, 4) is 5.69 Å². The zero-order valence-corrected chi connectivity index (χ0v) is 20.4. The van der Waals surface area contributed by atoms with Gasteiger partial charge in [-0.3, -0.25) is 4.79 Å². The van der Waals surface area contributed by atoms with Gasteiger partial charge in [-0.05, 0) is 35.7 Å². The summed E-state index contributed by atoms with van der Waals surface area (Å²) >= 11 is 11.9. The summed E-state index contributed by atoms with van der Waals surface area (Å²) in [6.07, 6.45) is -8.24. The fourth-order valence-corrected chi connectivity index (χ4v) is 4.97. The molecule has 1 unspecified atom stereocenters. The molecule has 0 N–H and O–H groups in total. The molecule has 1 aromatic heterocycles. The van der Waals surface area contributed by atoms with E-state index in [4.69, 9.17) is 28.0 Å². The van der Waals surface area contributed by atoms with E-state index < -0.39 is 35.7 Å². The Kier molecular flexibility index (Phi) is 6.23. The maximum Gasteiger partial charge on any atom is 0.454 e. The van der Waals surface area contributed by atoms with E-state index in [9.17, 15) is 31.1 Å². The Morgan fingerprint density at radius 1 is 0.921 bits per heavy atom. The standard InChI is InChI=1S/C26H14Cl2F6N2O2/c27-16-9-15(10-17(28)11-16)24(26(32,33)34)12-21(35-38-24)19-5-6-22(20-4-2-1-3-18(19)20)36-8-7-14(13-36)23(37)25(29,30)31/h1-11,13H,12H2. The number of aromatic nitrogens is 1. The summed E-state index contributed by atoms with van der Waals surface area (Å²) in [5.74, 6) is -1.99. The Morgan fingerprint density at radius 3 is 2.21 bits per heavy atom. The van der Waals surface area contributed by atoms with Gasteiger partial charge < -0.3 is 9.40 Å². The minimum Gasteiger partial charge on any atom is -0.374 e. The number of ketones is 1. The number of hydrogen-bond donors (Lipinski definition) is 0. The van der Waals surface area contributed by atoms with Gasteiger partial charge >= 0.3 is 12.4 Å². The molecule has 0 radical (unpaired) electrons. The maximum atomic E-state index is 14.4. The minimum atomic E-state index is -5.03. The maximum absolute atomic E-state index is 14.4. The molecule has 12 heteroatoms. The van der Waals surface area contributed by atoms with Crippen LogP contribution in [0.3, 0.4) is 0 Å². The van der Waals surface area contributed by atoms with Gasteiger partial charge in [0.15, 0.2) is 0 Å². The number of fused-ring (bicyclic) bond motifs is 1. The molecule has 1 atom stereocenters. The number of hydrogen-bond acceptors (Lipinski definition) is 3. The average Bonchev–Trinajstić information content (AvgIpc) is 3.50. The lowest BCUT2D eigenvalue weighted by Gasteiger charge is -2.29. The first-order chi connectivity index (χ1) is 17.8. The number of halogens is 8. The first-order valence-electron chi connectivity index (χ1n) is 10.9. The van der Waals surface area contributed by atoms with Gasteiger partial charge in [0.05, 0.1) is 11.4 Å². The Hall–Kier alpha value is -3.50. The van der Waals surface area contributed by atoms with E-state index in [0.29, 0.717) is 22.0 Å². The van der Waals surface area contributed by atoms with Gasteiger partial charge in [-0.2, -0.15) is 26.3 Å². The van der Waals surface area contributed by atoms with E-state index in [1.54, 1.807) is 24.3 Å². The molecule has 4 aromatic rings. The molecule has 196 valence electrons. The average molecular weight is 571 g/mol. The third-order valence-electron chi connectivity index (χ3n) is 6.22. The molecule has 0 amide bonds. The highest BCUT2D eigenvalue weighted by Gasteiger charge is 2.62. The SMILES string of the molecule is O=C(c1ccn(-c2ccc(C3=NOC(c4cc(Cl)cc(Cl)c4)(C(F)(F)F)C3)c3ccccc23)c1)C(F)(F)F. The van der Waals surface area contributed by atoms with E-state index >= 15 is 0 Å². The van der Waals surface area contributed by atoms with Crippen LogP contribution in [0.2, 0.25) is 10.0 Å². The molecule has 0 aliphatic carbocycles. The van der Waals surface area contributed by atoms with Crippen molar-refractivity contribution in [3.63, 3.8) is 0 Å². The largest absolute Gasteiger partial charge is 0.454 e. The monoisotopic (exact) mass is 570 g/mol. The lowest BCUT2D eigenvalue weighted by molar-refractivity contribution is -0.275. The highest BCUT2D eigenvalue weighted by atomic mass is 35.5. The van der Waals surface area contributed by atoms with E-state index in [1.807, 2.05) is 0 Å². The van der Waals surface area contributed by atoms with Gasteiger partial charge in [-0.25, -0.2) is 0 Å². The molecule has 0 spiro atoms. The first-order valence-corrected chi connectivity index (χ1v) is 11.7. The zero-order chi connectivity index (χ0) is 27.5. The van der Waals surface area contributed by atoms with Crippen LogP contribution in [0.25, 0.3) is 16.5 Å². The summed E-state index contributed by atoms with van der Waals surface area (Å²) in [5.41, 5.74) is -2.94. The number of carbonyl (C=O) groups is 1. The van der Waals surface area contributed by atoms with Gasteiger partial charge in [0.2, 0.25) is 0 Å². The van der Waals surface area contributed by atoms with Crippen molar-refractivity contribution in [2.75, 3.05) is 0 Å². The van der Waals surface area contributed by atoms with E-state index in [1.165, 1.54) is 29.0 Å². The Bertz CT molecular complexity index is 1590. The fourth-order valence-electron chi connectivity index (χ4n) is 4.44. The van der Waals surface area contributed by atoms with Crippen molar-refractivity contribution < 1.29 is 36.0 Å². The summed E-state index contributed by atoms with van der Waals surface area (Å²) in [6, 6.07) is 14.2. The smallest absolute Gasteiger partial charge is 0.374 e. The number of oxime groups is 1. The molecular weight excluding hydrogens is 557 g/mol. The van der Waals surface area contributed by atoms with E-state index in [0.717, 1.165) is 24.4 Å². The summed E-state index contributed by atoms with van der Waals surface area (Å²) in [5, 5.41) is 4.78. The van der Waals surface area contributed by atoms with E-state index in [2.05, 4.69) is 5.16 Å². The fraction of sp³-hybridized carbons (Fsp3) is 0.154. The number of nitrogens with zero attached hydrogens (tertiary/aromatic N) is 2. The van der Waals surface area contributed by atoms with Crippen molar-refractivity contribution >= 4 is 45.5 Å². The predicted molar refractivity (Wildman–Crippen MR) is 130 cm³/mol. The molecule has 5 rings (SSSR count). The normalized spacial score (nSPS) is 17.9. The van der Waals surface area contributed by atoms with Crippen molar-refractivity contribution in [3.05, 3.63) is 99.8 Å². The number of benzene rings is 3. The predicted octanol–water partition coefficient (Wildman–Crippen LogP) is 8.26. The number of carbonyl (C=O) groups excluding carboxylic acids is 1. The van der Waals surface area contributed by atoms with Crippen LogP contribution in [0, 0.1) is 0 Å². The molecule has 1 aliphatic heterocycles. The van der Waals surface area contributed by atoms with Crippen LogP contribution in [-0.2, 0) is 10.4 Å². The third-order valence-corrected chi connectivity index (χ3v) is 6.65. The topological polar surface area (TPSA) is 43.6 Å². The molecule has 0 fully saturated rings. The summed E-state index contributed by atoms with van der Waals surface area (Å²) in [7, 11) is 0. The third kappa shape index (κ3) is 4.41. The van der Waals surface area contributed by atoms with Crippen LogP contribution in [0.1, 0.15) is 27.9 Å². The summed E-state index contributed by atoms with van der Waals surface area (Å²) in [6.45, 7) is 0. The highest BCUT2D eigenvalue weighted by Crippen LogP contribution is 2.50. The summed E-state index contributed by atoms with van der Waals surface area (Å²) < 4.78 is 83.1. The zero-order valence-electron chi connectivity index (χ0n) is 18.9. The van der Waals surface area contributed by atoms with Crippen molar-refractivity contribution in [1.29, 1.82) is 0 Å². The number of alkyl halides is 6.